The van der Waals surface area contributed by atoms with E-state index in [0.29, 0.717) is 22.0 Å². The van der Waals surface area contributed by atoms with E-state index >= 15 is 0 Å². The molecule has 0 spiro atoms. The highest BCUT2D eigenvalue weighted by Gasteiger charge is 2.21. The van der Waals surface area contributed by atoms with Crippen LogP contribution >= 0.6 is 23.2 Å². The van der Waals surface area contributed by atoms with Crippen LogP contribution in [-0.4, -0.2) is 11.1 Å². The molecule has 0 aromatic heterocycles. The van der Waals surface area contributed by atoms with E-state index < -0.39 is 11.9 Å². The lowest BCUT2D eigenvalue weighted by molar-refractivity contribution is -0.138. The molecule has 0 aliphatic rings. The van der Waals surface area contributed by atoms with Gasteiger partial charge < -0.3 is 5.11 Å². The number of benzene rings is 2. The summed E-state index contributed by atoms with van der Waals surface area (Å²) in [6, 6.07) is 12.6. The maximum atomic E-state index is 11.5. The fraction of sp³-hybridized carbons (Fsp3) is 0.188. The maximum absolute atomic E-state index is 11.5. The van der Waals surface area contributed by atoms with Gasteiger partial charge in [0.2, 0.25) is 0 Å². The molecule has 0 bridgehead atoms. The third kappa shape index (κ3) is 3.53. The summed E-state index contributed by atoms with van der Waals surface area (Å²) in [4.78, 5) is 11.5. The van der Waals surface area contributed by atoms with E-state index in [2.05, 4.69) is 0 Å². The van der Waals surface area contributed by atoms with Crippen LogP contribution in [-0.2, 0) is 11.2 Å². The van der Waals surface area contributed by atoms with E-state index in [1.807, 2.05) is 31.2 Å². The smallest absolute Gasteiger partial charge is 0.311 e. The van der Waals surface area contributed by atoms with Crippen LogP contribution < -0.4 is 0 Å². The number of halogens is 2. The Kier molecular flexibility index (Phi) is 4.69. The van der Waals surface area contributed by atoms with Gasteiger partial charge in [-0.15, -0.1) is 0 Å². The van der Waals surface area contributed by atoms with Gasteiger partial charge in [-0.2, -0.15) is 0 Å². The van der Waals surface area contributed by atoms with Gasteiger partial charge in [0, 0.05) is 10.0 Å². The Morgan fingerprint density at radius 3 is 2.55 bits per heavy atom. The van der Waals surface area contributed by atoms with Crippen LogP contribution in [0.1, 0.15) is 22.6 Å². The molecule has 0 aliphatic carbocycles. The Hall–Kier alpha value is -1.51. The van der Waals surface area contributed by atoms with Gasteiger partial charge in [-0.1, -0.05) is 47.5 Å². The summed E-state index contributed by atoms with van der Waals surface area (Å²) in [5, 5.41) is 10.6. The second-order valence-electron chi connectivity index (χ2n) is 4.73. The van der Waals surface area contributed by atoms with Gasteiger partial charge in [0.05, 0.1) is 5.92 Å². The Balaban J connectivity index is 2.32. The summed E-state index contributed by atoms with van der Waals surface area (Å²) in [7, 11) is 0. The molecule has 0 radical (unpaired) electrons. The van der Waals surface area contributed by atoms with Crippen LogP contribution in [0.2, 0.25) is 10.0 Å². The van der Waals surface area contributed by atoms with Crippen molar-refractivity contribution < 1.29 is 9.90 Å². The molecular weight excluding hydrogens is 295 g/mol. The Labute approximate surface area is 128 Å². The topological polar surface area (TPSA) is 37.3 Å². The number of aryl methyl sites for hydroxylation is 1. The van der Waals surface area contributed by atoms with Crippen molar-refractivity contribution in [3.05, 3.63) is 69.2 Å². The molecule has 0 aliphatic heterocycles. The molecule has 1 unspecified atom stereocenters. The second-order valence-corrected chi connectivity index (χ2v) is 5.58. The number of hydrogen-bond donors (Lipinski definition) is 1. The summed E-state index contributed by atoms with van der Waals surface area (Å²) in [6.45, 7) is 1.89. The molecule has 2 nitrogen and oxygen atoms in total. The van der Waals surface area contributed by atoms with Crippen LogP contribution in [0.5, 0.6) is 0 Å². The number of carbonyl (C=O) groups is 1. The molecule has 0 saturated carbocycles. The zero-order chi connectivity index (χ0) is 14.7. The molecule has 2 rings (SSSR count). The first kappa shape index (κ1) is 14.9. The SMILES string of the molecule is Cc1ccc(C(Cc2cccc(Cl)c2)C(=O)O)cc1Cl. The lowest BCUT2D eigenvalue weighted by atomic mass is 9.91. The minimum Gasteiger partial charge on any atom is -0.481 e. The van der Waals surface area contributed by atoms with E-state index in [-0.39, 0.29) is 0 Å². The van der Waals surface area contributed by atoms with E-state index in [9.17, 15) is 9.90 Å². The lowest BCUT2D eigenvalue weighted by Crippen LogP contribution is -2.14. The van der Waals surface area contributed by atoms with Crippen molar-refractivity contribution in [3.8, 4) is 0 Å². The third-order valence-electron chi connectivity index (χ3n) is 3.23. The molecule has 0 saturated heterocycles. The minimum atomic E-state index is -0.870. The first-order valence-electron chi connectivity index (χ1n) is 6.20. The van der Waals surface area contributed by atoms with Crippen molar-refractivity contribution >= 4 is 29.2 Å². The third-order valence-corrected chi connectivity index (χ3v) is 3.87. The van der Waals surface area contributed by atoms with E-state index in [0.717, 1.165) is 11.1 Å². The highest BCUT2D eigenvalue weighted by atomic mass is 35.5. The Morgan fingerprint density at radius 1 is 1.20 bits per heavy atom. The highest BCUT2D eigenvalue weighted by Crippen LogP contribution is 2.26. The van der Waals surface area contributed by atoms with Crippen LogP contribution in [0, 0.1) is 6.92 Å². The highest BCUT2D eigenvalue weighted by molar-refractivity contribution is 6.31. The molecule has 0 heterocycles. The largest absolute Gasteiger partial charge is 0.481 e. The fourth-order valence-corrected chi connectivity index (χ4v) is 2.48. The van der Waals surface area contributed by atoms with Crippen molar-refractivity contribution in [1.82, 2.24) is 0 Å². The number of hydrogen-bond acceptors (Lipinski definition) is 1. The van der Waals surface area contributed by atoms with Crippen LogP contribution in [0.15, 0.2) is 42.5 Å². The average molecular weight is 309 g/mol. The summed E-state index contributed by atoms with van der Waals surface area (Å²) in [5.41, 5.74) is 2.52. The van der Waals surface area contributed by atoms with E-state index in [4.69, 9.17) is 23.2 Å². The predicted octanol–water partition coefficient (Wildman–Crippen LogP) is 4.71. The summed E-state index contributed by atoms with van der Waals surface area (Å²) < 4.78 is 0. The molecule has 4 heteroatoms. The second kappa shape index (κ2) is 6.29. The van der Waals surface area contributed by atoms with Crippen molar-refractivity contribution in [2.24, 2.45) is 0 Å². The Morgan fingerprint density at radius 2 is 1.95 bits per heavy atom. The average Bonchev–Trinajstić information content (AvgIpc) is 2.39. The molecule has 1 atom stereocenters. The van der Waals surface area contributed by atoms with Gasteiger partial charge in [-0.25, -0.2) is 0 Å². The van der Waals surface area contributed by atoms with Crippen molar-refractivity contribution in [2.75, 3.05) is 0 Å². The Bertz CT molecular complexity index is 638. The van der Waals surface area contributed by atoms with E-state index in [1.54, 1.807) is 18.2 Å². The molecular formula is C16H14Cl2O2. The zero-order valence-electron chi connectivity index (χ0n) is 10.9. The van der Waals surface area contributed by atoms with Gasteiger partial charge in [-0.05, 0) is 48.2 Å². The quantitative estimate of drug-likeness (QED) is 0.888. The van der Waals surface area contributed by atoms with Gasteiger partial charge in [0.25, 0.3) is 0 Å². The van der Waals surface area contributed by atoms with Gasteiger partial charge in [0.15, 0.2) is 0 Å². The molecule has 20 heavy (non-hydrogen) atoms. The molecule has 0 fully saturated rings. The van der Waals surface area contributed by atoms with E-state index in [1.165, 1.54) is 0 Å². The maximum Gasteiger partial charge on any atom is 0.311 e. The standard InChI is InChI=1S/C16H14Cl2O2/c1-10-5-6-12(9-15(10)18)14(16(19)20)8-11-3-2-4-13(17)7-11/h2-7,9,14H,8H2,1H3,(H,19,20). The lowest BCUT2D eigenvalue weighted by Gasteiger charge is -2.14. The number of aliphatic carboxylic acids is 1. The number of rotatable bonds is 4. The van der Waals surface area contributed by atoms with Crippen LogP contribution in [0.4, 0.5) is 0 Å². The normalized spacial score (nSPS) is 12.2. The van der Waals surface area contributed by atoms with Gasteiger partial charge in [0.1, 0.15) is 0 Å². The first-order chi connectivity index (χ1) is 9.47. The number of carboxylic acid groups (broad SMARTS) is 1. The predicted molar refractivity (Wildman–Crippen MR) is 81.7 cm³/mol. The fourth-order valence-electron chi connectivity index (χ4n) is 2.07. The van der Waals surface area contributed by atoms with Crippen molar-refractivity contribution in [1.29, 1.82) is 0 Å². The van der Waals surface area contributed by atoms with Crippen LogP contribution in [0.25, 0.3) is 0 Å². The molecule has 2 aromatic rings. The minimum absolute atomic E-state index is 0.384. The summed E-state index contributed by atoms with van der Waals surface area (Å²) >= 11 is 12.0. The monoisotopic (exact) mass is 308 g/mol. The molecule has 1 N–H and O–H groups in total. The van der Waals surface area contributed by atoms with Crippen LogP contribution in [0.3, 0.4) is 0 Å². The summed E-state index contributed by atoms with van der Waals surface area (Å²) in [5.74, 6) is -1.50. The van der Waals surface area contributed by atoms with Gasteiger partial charge >= 0.3 is 5.97 Å². The van der Waals surface area contributed by atoms with Gasteiger partial charge in [-0.3, -0.25) is 4.79 Å². The number of carboxylic acids is 1. The van der Waals surface area contributed by atoms with Crippen molar-refractivity contribution in [2.45, 2.75) is 19.3 Å². The molecule has 2 aromatic carbocycles. The summed E-state index contributed by atoms with van der Waals surface area (Å²) in [6.07, 6.45) is 0.384. The van der Waals surface area contributed by atoms with Crippen molar-refractivity contribution in [3.63, 3.8) is 0 Å². The molecule has 0 amide bonds. The zero-order valence-corrected chi connectivity index (χ0v) is 12.4. The molecule has 104 valence electrons. The first-order valence-corrected chi connectivity index (χ1v) is 6.96.